The van der Waals surface area contributed by atoms with Crippen LogP contribution in [0, 0.1) is 11.7 Å². The molecule has 0 amide bonds. The van der Waals surface area contributed by atoms with Crippen molar-refractivity contribution in [2.24, 2.45) is 0 Å². The van der Waals surface area contributed by atoms with Crippen molar-refractivity contribution in [1.29, 1.82) is 0 Å². The Labute approximate surface area is 98.0 Å². The number of hydrogen-bond donors (Lipinski definition) is 1. The topological polar surface area (TPSA) is 56.0 Å². The van der Waals surface area contributed by atoms with Crippen LogP contribution >= 0.6 is 12.2 Å². The van der Waals surface area contributed by atoms with E-state index in [0.717, 1.165) is 11.3 Å². The molecule has 0 atom stereocenters. The van der Waals surface area contributed by atoms with Crippen molar-refractivity contribution in [2.75, 3.05) is 13.7 Å². The number of furan rings is 1. The average Bonchev–Trinajstić information content (AvgIpc) is 2.82. The zero-order chi connectivity index (χ0) is 11.5. The molecule has 0 unspecified atom stereocenters. The van der Waals surface area contributed by atoms with E-state index in [1.807, 2.05) is 17.6 Å². The molecule has 6 heteroatoms. The first-order valence-corrected chi connectivity index (χ1v) is 5.33. The molecule has 2 aromatic heterocycles. The highest BCUT2D eigenvalue weighted by Crippen LogP contribution is 2.22. The van der Waals surface area contributed by atoms with Crippen LogP contribution in [0.15, 0.2) is 16.7 Å². The molecule has 1 N–H and O–H groups in total. The van der Waals surface area contributed by atoms with Crippen LogP contribution in [0.5, 0.6) is 0 Å². The third kappa shape index (κ3) is 1.94. The van der Waals surface area contributed by atoms with Crippen LogP contribution in [-0.4, -0.2) is 28.5 Å². The number of ether oxygens (including phenoxy) is 1. The van der Waals surface area contributed by atoms with Gasteiger partial charge in [-0.1, -0.05) is 0 Å². The van der Waals surface area contributed by atoms with E-state index in [2.05, 4.69) is 10.2 Å². The second-order valence-electron chi connectivity index (χ2n) is 3.43. The minimum absolute atomic E-state index is 0.572. The highest BCUT2D eigenvalue weighted by molar-refractivity contribution is 7.71. The van der Waals surface area contributed by atoms with Gasteiger partial charge in [0, 0.05) is 7.11 Å². The molecule has 0 saturated heterocycles. The van der Waals surface area contributed by atoms with Crippen molar-refractivity contribution in [2.45, 2.75) is 13.5 Å². The lowest BCUT2D eigenvalue weighted by molar-refractivity contribution is 0.187. The quantitative estimate of drug-likeness (QED) is 0.831. The second-order valence-corrected chi connectivity index (χ2v) is 3.82. The fraction of sp³-hybridized carbons (Fsp3) is 0.400. The number of aryl methyl sites for hydroxylation is 1. The molecule has 86 valence electrons. The maximum Gasteiger partial charge on any atom is 0.198 e. The van der Waals surface area contributed by atoms with Gasteiger partial charge in [-0.2, -0.15) is 5.10 Å². The number of nitrogens with zero attached hydrogens (tertiary/aromatic N) is 2. The van der Waals surface area contributed by atoms with Crippen molar-refractivity contribution >= 4 is 12.2 Å². The van der Waals surface area contributed by atoms with Gasteiger partial charge in [0.2, 0.25) is 0 Å². The van der Waals surface area contributed by atoms with E-state index in [-0.39, 0.29) is 0 Å². The summed E-state index contributed by atoms with van der Waals surface area (Å²) in [6.07, 6.45) is 1.64. The van der Waals surface area contributed by atoms with Gasteiger partial charge in [-0.15, -0.1) is 0 Å². The van der Waals surface area contributed by atoms with Crippen LogP contribution in [0.4, 0.5) is 0 Å². The number of aromatic amines is 1. The van der Waals surface area contributed by atoms with Gasteiger partial charge in [0.15, 0.2) is 16.4 Å². The Balaban J connectivity index is 2.42. The molecule has 0 radical (unpaired) electrons. The lowest BCUT2D eigenvalue weighted by atomic mass is 10.3. The maximum atomic E-state index is 5.39. The molecule has 0 bridgehead atoms. The van der Waals surface area contributed by atoms with Crippen molar-refractivity contribution in [3.63, 3.8) is 0 Å². The van der Waals surface area contributed by atoms with Crippen LogP contribution in [-0.2, 0) is 11.3 Å². The molecular weight excluding hydrogens is 226 g/mol. The van der Waals surface area contributed by atoms with Crippen molar-refractivity contribution in [3.8, 4) is 11.6 Å². The van der Waals surface area contributed by atoms with Gasteiger partial charge in [0.1, 0.15) is 0 Å². The molecule has 0 aliphatic rings. The highest BCUT2D eigenvalue weighted by atomic mass is 32.1. The minimum atomic E-state index is 0.572. The van der Waals surface area contributed by atoms with E-state index < -0.39 is 0 Å². The first-order valence-electron chi connectivity index (χ1n) is 4.92. The van der Waals surface area contributed by atoms with Crippen molar-refractivity contribution < 1.29 is 9.15 Å². The summed E-state index contributed by atoms with van der Waals surface area (Å²) in [4.78, 5) is 0. The molecular formula is C10H13N3O2S. The molecule has 5 nitrogen and oxygen atoms in total. The second kappa shape index (κ2) is 4.63. The van der Waals surface area contributed by atoms with Gasteiger partial charge in [-0.25, -0.2) is 0 Å². The van der Waals surface area contributed by atoms with Gasteiger partial charge < -0.3 is 9.15 Å². The predicted octanol–water partition coefficient (Wildman–Crippen LogP) is 2.16. The number of H-pyrrole nitrogens is 1. The molecule has 0 aliphatic heterocycles. The molecule has 0 fully saturated rings. The Kier molecular flexibility index (Phi) is 3.21. The van der Waals surface area contributed by atoms with Crippen LogP contribution < -0.4 is 0 Å². The summed E-state index contributed by atoms with van der Waals surface area (Å²) in [7, 11) is 1.65. The van der Waals surface area contributed by atoms with Gasteiger partial charge in [-0.3, -0.25) is 9.67 Å². The Bertz CT molecular complexity index is 526. The standard InChI is InChI=1S/C10H13N3O2S/c1-7-3-5-15-8(7)9-11-12-10(16)13(9)4-6-14-2/h3,5H,4,6H2,1-2H3,(H,12,16). The van der Waals surface area contributed by atoms with Crippen LogP contribution in [0.3, 0.4) is 0 Å². The number of aromatic nitrogens is 3. The zero-order valence-electron chi connectivity index (χ0n) is 9.19. The zero-order valence-corrected chi connectivity index (χ0v) is 10.0. The summed E-state index contributed by atoms with van der Waals surface area (Å²) in [6.45, 7) is 3.21. The lowest BCUT2D eigenvalue weighted by Crippen LogP contribution is -2.06. The van der Waals surface area contributed by atoms with E-state index in [4.69, 9.17) is 21.4 Å². The van der Waals surface area contributed by atoms with Gasteiger partial charge in [0.25, 0.3) is 0 Å². The molecule has 0 aromatic carbocycles. The Morgan fingerprint density at radius 3 is 3.06 bits per heavy atom. The molecule has 16 heavy (non-hydrogen) atoms. The molecule has 0 saturated carbocycles. The number of hydrogen-bond acceptors (Lipinski definition) is 4. The number of methoxy groups -OCH3 is 1. The summed E-state index contributed by atoms with van der Waals surface area (Å²) in [5, 5.41) is 6.93. The van der Waals surface area contributed by atoms with Crippen molar-refractivity contribution in [3.05, 3.63) is 22.7 Å². The number of nitrogens with one attached hydrogen (secondary N) is 1. The summed E-state index contributed by atoms with van der Waals surface area (Å²) in [5.74, 6) is 1.45. The largest absolute Gasteiger partial charge is 0.461 e. The average molecular weight is 239 g/mol. The smallest absolute Gasteiger partial charge is 0.198 e. The summed E-state index contributed by atoms with van der Waals surface area (Å²) < 4.78 is 12.9. The molecule has 2 aromatic rings. The Morgan fingerprint density at radius 1 is 1.62 bits per heavy atom. The van der Waals surface area contributed by atoms with Crippen LogP contribution in [0.1, 0.15) is 5.56 Å². The molecule has 0 aliphatic carbocycles. The van der Waals surface area contributed by atoms with E-state index in [0.29, 0.717) is 23.7 Å². The first-order chi connectivity index (χ1) is 7.74. The summed E-state index contributed by atoms with van der Waals surface area (Å²) in [5.41, 5.74) is 1.03. The molecule has 2 rings (SSSR count). The van der Waals surface area contributed by atoms with Gasteiger partial charge in [0.05, 0.1) is 19.4 Å². The van der Waals surface area contributed by atoms with E-state index in [1.165, 1.54) is 0 Å². The lowest BCUT2D eigenvalue weighted by Gasteiger charge is -2.04. The van der Waals surface area contributed by atoms with Gasteiger partial charge in [-0.05, 0) is 30.8 Å². The van der Waals surface area contributed by atoms with Crippen molar-refractivity contribution in [1.82, 2.24) is 14.8 Å². The SMILES string of the molecule is COCCn1c(-c2occc2C)n[nH]c1=S. The Hall–Kier alpha value is -1.40. The Morgan fingerprint density at radius 2 is 2.44 bits per heavy atom. The monoisotopic (exact) mass is 239 g/mol. The van der Waals surface area contributed by atoms with E-state index in [9.17, 15) is 0 Å². The normalized spacial score (nSPS) is 10.9. The first kappa shape index (κ1) is 11.1. The van der Waals surface area contributed by atoms with Crippen LogP contribution in [0.25, 0.3) is 11.6 Å². The summed E-state index contributed by atoms with van der Waals surface area (Å²) in [6, 6.07) is 1.90. The fourth-order valence-corrected chi connectivity index (χ4v) is 1.71. The third-order valence-corrected chi connectivity index (χ3v) is 2.65. The maximum absolute atomic E-state index is 5.39. The third-order valence-electron chi connectivity index (χ3n) is 2.34. The summed E-state index contributed by atoms with van der Waals surface area (Å²) >= 11 is 5.15. The molecule has 2 heterocycles. The predicted molar refractivity (Wildman–Crippen MR) is 61.7 cm³/mol. The number of rotatable bonds is 4. The van der Waals surface area contributed by atoms with Gasteiger partial charge >= 0.3 is 0 Å². The highest BCUT2D eigenvalue weighted by Gasteiger charge is 2.13. The molecule has 0 spiro atoms. The fourth-order valence-electron chi connectivity index (χ4n) is 1.48. The van der Waals surface area contributed by atoms with E-state index >= 15 is 0 Å². The minimum Gasteiger partial charge on any atom is -0.461 e. The van der Waals surface area contributed by atoms with E-state index in [1.54, 1.807) is 13.4 Å². The van der Waals surface area contributed by atoms with Crippen LogP contribution in [0.2, 0.25) is 0 Å².